The molecule has 2 rings (SSSR count). The average Bonchev–Trinajstić information content (AvgIpc) is 2.51. The fourth-order valence-corrected chi connectivity index (χ4v) is 3.40. The van der Waals surface area contributed by atoms with Gasteiger partial charge in [-0.2, -0.15) is 0 Å². The van der Waals surface area contributed by atoms with Gasteiger partial charge in [0.2, 0.25) is 11.8 Å². The van der Waals surface area contributed by atoms with Crippen LogP contribution in [-0.4, -0.2) is 40.7 Å². The first-order valence-electron chi connectivity index (χ1n) is 7.81. The average molecular weight is 333 g/mol. The molecule has 0 radical (unpaired) electrons. The van der Waals surface area contributed by atoms with E-state index < -0.39 is 0 Å². The van der Waals surface area contributed by atoms with Crippen LogP contribution in [0, 0.1) is 13.8 Å². The van der Waals surface area contributed by atoms with Crippen molar-refractivity contribution in [2.45, 2.75) is 33.6 Å². The Morgan fingerprint density at radius 3 is 2.65 bits per heavy atom. The number of hydrogen-bond acceptors (Lipinski definition) is 4. The van der Waals surface area contributed by atoms with Crippen LogP contribution in [0.4, 0.5) is 5.69 Å². The van der Waals surface area contributed by atoms with Crippen molar-refractivity contribution in [2.24, 2.45) is 4.99 Å². The zero-order valence-corrected chi connectivity index (χ0v) is 14.7. The van der Waals surface area contributed by atoms with Gasteiger partial charge in [0.1, 0.15) is 0 Å². The molecule has 1 saturated heterocycles. The standard InChI is InChI=1S/C17H23N3O2S/c1-12-6-4-7-13(2)16(12)19-17-20(10-5-11-23-17)15(22)8-9-18-14(3)21/h4,6-7H,5,8-11H2,1-3H3,(H,18,21). The van der Waals surface area contributed by atoms with Gasteiger partial charge in [-0.3, -0.25) is 14.5 Å². The third-order valence-electron chi connectivity index (χ3n) is 3.65. The highest BCUT2D eigenvalue weighted by Crippen LogP contribution is 2.27. The first-order chi connectivity index (χ1) is 11.0. The number of nitrogens with zero attached hydrogens (tertiary/aromatic N) is 2. The second-order valence-electron chi connectivity index (χ2n) is 5.62. The van der Waals surface area contributed by atoms with Crippen LogP contribution in [0.1, 0.15) is 30.9 Å². The third-order valence-corrected chi connectivity index (χ3v) is 4.71. The minimum Gasteiger partial charge on any atom is -0.356 e. The first kappa shape index (κ1) is 17.5. The molecule has 1 aromatic rings. The van der Waals surface area contributed by atoms with E-state index in [0.717, 1.165) is 34.2 Å². The summed E-state index contributed by atoms with van der Waals surface area (Å²) < 4.78 is 0. The summed E-state index contributed by atoms with van der Waals surface area (Å²) in [6.07, 6.45) is 1.26. The summed E-state index contributed by atoms with van der Waals surface area (Å²) in [4.78, 5) is 29.9. The quantitative estimate of drug-likeness (QED) is 0.921. The van der Waals surface area contributed by atoms with Crippen molar-refractivity contribution in [3.63, 3.8) is 0 Å². The Morgan fingerprint density at radius 2 is 2.00 bits per heavy atom. The summed E-state index contributed by atoms with van der Waals surface area (Å²) in [6.45, 7) is 6.57. The highest BCUT2D eigenvalue weighted by molar-refractivity contribution is 8.13. The molecule has 6 heteroatoms. The molecule has 0 aliphatic carbocycles. The molecule has 1 aliphatic heterocycles. The van der Waals surface area contributed by atoms with Gasteiger partial charge >= 0.3 is 0 Å². The van der Waals surface area contributed by atoms with E-state index in [1.54, 1.807) is 16.7 Å². The Labute approximate surface area is 141 Å². The lowest BCUT2D eigenvalue weighted by molar-refractivity contribution is -0.127. The number of amides is 2. The number of para-hydroxylation sites is 1. The van der Waals surface area contributed by atoms with E-state index in [2.05, 4.69) is 5.32 Å². The highest BCUT2D eigenvalue weighted by atomic mass is 32.2. The van der Waals surface area contributed by atoms with Crippen LogP contribution in [-0.2, 0) is 9.59 Å². The minimum atomic E-state index is -0.116. The number of rotatable bonds is 4. The Bertz CT molecular complexity index is 608. The molecule has 1 aromatic carbocycles. The number of amidine groups is 1. The van der Waals surface area contributed by atoms with Gasteiger partial charge in [0.25, 0.3) is 0 Å². The molecular weight excluding hydrogens is 310 g/mol. The Balaban J connectivity index is 2.16. The molecule has 124 valence electrons. The Kier molecular flexibility index (Phi) is 6.21. The van der Waals surface area contributed by atoms with Crippen LogP contribution >= 0.6 is 11.8 Å². The van der Waals surface area contributed by atoms with Gasteiger partial charge in [-0.15, -0.1) is 0 Å². The van der Waals surface area contributed by atoms with Crippen LogP contribution in [0.5, 0.6) is 0 Å². The van der Waals surface area contributed by atoms with Gasteiger partial charge in [0, 0.05) is 32.2 Å². The number of carbonyl (C=O) groups is 2. The fraction of sp³-hybridized carbons (Fsp3) is 0.471. The smallest absolute Gasteiger partial charge is 0.230 e. The van der Waals surface area contributed by atoms with Crippen LogP contribution < -0.4 is 5.32 Å². The normalized spacial score (nSPS) is 16.5. The molecule has 0 saturated carbocycles. The maximum Gasteiger partial charge on any atom is 0.230 e. The van der Waals surface area contributed by atoms with Gasteiger partial charge in [0.15, 0.2) is 5.17 Å². The number of thioether (sulfide) groups is 1. The number of carbonyl (C=O) groups excluding carboxylic acids is 2. The topological polar surface area (TPSA) is 61.8 Å². The fourth-order valence-electron chi connectivity index (χ4n) is 2.44. The van der Waals surface area contributed by atoms with Crippen molar-refractivity contribution in [1.29, 1.82) is 0 Å². The molecule has 1 N–H and O–H groups in total. The maximum absolute atomic E-state index is 12.4. The van der Waals surface area contributed by atoms with Crippen molar-refractivity contribution >= 4 is 34.4 Å². The third kappa shape index (κ3) is 4.82. The molecule has 0 aromatic heterocycles. The van der Waals surface area contributed by atoms with Crippen molar-refractivity contribution in [3.05, 3.63) is 29.3 Å². The Hall–Kier alpha value is -1.82. The number of aliphatic imine (C=N–C) groups is 1. The van der Waals surface area contributed by atoms with E-state index in [1.165, 1.54) is 6.92 Å². The summed E-state index contributed by atoms with van der Waals surface area (Å²) in [7, 11) is 0. The van der Waals surface area contributed by atoms with Gasteiger partial charge in [-0.25, -0.2) is 4.99 Å². The van der Waals surface area contributed by atoms with Crippen LogP contribution in [0.3, 0.4) is 0 Å². The van der Waals surface area contributed by atoms with E-state index in [4.69, 9.17) is 4.99 Å². The lowest BCUT2D eigenvalue weighted by Crippen LogP contribution is -2.40. The highest BCUT2D eigenvalue weighted by Gasteiger charge is 2.23. The molecule has 1 heterocycles. The zero-order valence-electron chi connectivity index (χ0n) is 13.9. The number of aryl methyl sites for hydroxylation is 2. The summed E-state index contributed by atoms with van der Waals surface area (Å²) in [5.74, 6) is 0.866. The number of nitrogens with one attached hydrogen (secondary N) is 1. The largest absolute Gasteiger partial charge is 0.356 e. The molecule has 1 fully saturated rings. The lowest BCUT2D eigenvalue weighted by Gasteiger charge is -2.28. The lowest BCUT2D eigenvalue weighted by atomic mass is 10.1. The minimum absolute atomic E-state index is 0.0101. The van der Waals surface area contributed by atoms with Crippen molar-refractivity contribution < 1.29 is 9.59 Å². The molecule has 1 aliphatic rings. The van der Waals surface area contributed by atoms with E-state index >= 15 is 0 Å². The predicted octanol–water partition coefficient (Wildman–Crippen LogP) is 2.78. The van der Waals surface area contributed by atoms with Crippen LogP contribution in [0.25, 0.3) is 0 Å². The van der Waals surface area contributed by atoms with Gasteiger partial charge in [-0.05, 0) is 31.4 Å². The monoisotopic (exact) mass is 333 g/mol. The van der Waals surface area contributed by atoms with Crippen LogP contribution in [0.2, 0.25) is 0 Å². The van der Waals surface area contributed by atoms with Crippen molar-refractivity contribution in [3.8, 4) is 0 Å². The van der Waals surface area contributed by atoms with Crippen molar-refractivity contribution in [1.82, 2.24) is 10.2 Å². The summed E-state index contributed by atoms with van der Waals surface area (Å²) in [5, 5.41) is 3.43. The molecular formula is C17H23N3O2S. The summed E-state index contributed by atoms with van der Waals surface area (Å²) >= 11 is 1.62. The van der Waals surface area contributed by atoms with E-state index in [0.29, 0.717) is 19.5 Å². The second-order valence-corrected chi connectivity index (χ2v) is 6.68. The second kappa shape index (κ2) is 8.15. The molecule has 5 nitrogen and oxygen atoms in total. The van der Waals surface area contributed by atoms with Crippen molar-refractivity contribution in [2.75, 3.05) is 18.8 Å². The molecule has 0 unspecified atom stereocenters. The molecule has 0 atom stereocenters. The SMILES string of the molecule is CC(=O)NCCC(=O)N1CCCSC1=Nc1c(C)cccc1C. The summed E-state index contributed by atoms with van der Waals surface area (Å²) in [5.41, 5.74) is 3.15. The summed E-state index contributed by atoms with van der Waals surface area (Å²) in [6, 6.07) is 6.07. The maximum atomic E-state index is 12.4. The van der Waals surface area contributed by atoms with E-state index in [9.17, 15) is 9.59 Å². The van der Waals surface area contributed by atoms with E-state index in [1.807, 2.05) is 32.0 Å². The Morgan fingerprint density at radius 1 is 1.30 bits per heavy atom. The van der Waals surface area contributed by atoms with Crippen LogP contribution in [0.15, 0.2) is 23.2 Å². The number of benzene rings is 1. The van der Waals surface area contributed by atoms with E-state index in [-0.39, 0.29) is 11.8 Å². The molecule has 0 spiro atoms. The van der Waals surface area contributed by atoms with Gasteiger partial charge in [-0.1, -0.05) is 30.0 Å². The zero-order chi connectivity index (χ0) is 16.8. The predicted molar refractivity (Wildman–Crippen MR) is 95.1 cm³/mol. The number of hydrogen-bond donors (Lipinski definition) is 1. The van der Waals surface area contributed by atoms with Gasteiger partial charge in [0.05, 0.1) is 5.69 Å². The first-order valence-corrected chi connectivity index (χ1v) is 8.80. The molecule has 0 bridgehead atoms. The molecule has 2 amide bonds. The van der Waals surface area contributed by atoms with Gasteiger partial charge < -0.3 is 5.32 Å². The molecule has 23 heavy (non-hydrogen) atoms.